The van der Waals surface area contributed by atoms with Crippen LogP contribution in [0.1, 0.15) is 20.3 Å². The second kappa shape index (κ2) is 4.28. The van der Waals surface area contributed by atoms with Gasteiger partial charge in [-0.1, -0.05) is 6.92 Å². The Labute approximate surface area is 95.2 Å². The molecule has 0 spiro atoms. The second-order valence-electron chi connectivity index (χ2n) is 3.60. The molecule has 0 aliphatic carbocycles. The molecule has 1 N–H and O–H groups in total. The number of nitro groups is 1. The molecule has 0 aliphatic rings. The summed E-state index contributed by atoms with van der Waals surface area (Å²) in [5.41, 5.74) is -0.892. The van der Waals surface area contributed by atoms with Crippen molar-refractivity contribution in [2.24, 2.45) is 0 Å². The highest BCUT2D eigenvalue weighted by atomic mass is 79.9. The molecule has 0 amide bonds. The minimum atomic E-state index is -0.892. The van der Waals surface area contributed by atoms with E-state index >= 15 is 0 Å². The Bertz CT molecular complexity index is 375. The molecule has 1 atom stereocenters. The SMILES string of the molecule is CCC(C)(O)Cn1cc([N+](=O)[O-])nc1Br. The fourth-order valence-corrected chi connectivity index (χ4v) is 1.47. The summed E-state index contributed by atoms with van der Waals surface area (Å²) in [6.45, 7) is 3.79. The molecule has 0 aliphatic heterocycles. The Morgan fingerprint density at radius 1 is 1.80 bits per heavy atom. The fourth-order valence-electron chi connectivity index (χ4n) is 1.06. The van der Waals surface area contributed by atoms with Gasteiger partial charge < -0.3 is 15.2 Å². The number of rotatable bonds is 4. The van der Waals surface area contributed by atoms with Gasteiger partial charge in [-0.15, -0.1) is 0 Å². The van der Waals surface area contributed by atoms with Crippen LogP contribution in [0.5, 0.6) is 0 Å². The van der Waals surface area contributed by atoms with Crippen molar-refractivity contribution < 1.29 is 10.0 Å². The minimum Gasteiger partial charge on any atom is -0.388 e. The standard InChI is InChI=1S/C8H12BrN3O3/c1-3-8(2,13)5-11-4-6(12(14)15)10-7(11)9/h4,13H,3,5H2,1-2H3. The molecule has 15 heavy (non-hydrogen) atoms. The van der Waals surface area contributed by atoms with Crippen molar-refractivity contribution in [2.75, 3.05) is 0 Å². The van der Waals surface area contributed by atoms with Gasteiger partial charge in [-0.25, -0.2) is 0 Å². The summed E-state index contributed by atoms with van der Waals surface area (Å²) in [6.07, 6.45) is 1.86. The van der Waals surface area contributed by atoms with Gasteiger partial charge in [0.25, 0.3) is 4.73 Å². The predicted molar refractivity (Wildman–Crippen MR) is 57.5 cm³/mol. The number of hydrogen-bond acceptors (Lipinski definition) is 4. The topological polar surface area (TPSA) is 81.2 Å². The second-order valence-corrected chi connectivity index (χ2v) is 4.31. The normalized spacial score (nSPS) is 14.9. The number of hydrogen-bond donors (Lipinski definition) is 1. The average molecular weight is 278 g/mol. The largest absolute Gasteiger partial charge is 0.388 e. The number of imidazole rings is 1. The molecule has 0 aromatic carbocycles. The average Bonchev–Trinajstić information content (AvgIpc) is 2.47. The van der Waals surface area contributed by atoms with Crippen LogP contribution < -0.4 is 0 Å². The molecule has 0 radical (unpaired) electrons. The van der Waals surface area contributed by atoms with E-state index in [0.717, 1.165) is 0 Å². The molecule has 0 saturated carbocycles. The van der Waals surface area contributed by atoms with Crippen molar-refractivity contribution in [1.29, 1.82) is 0 Å². The summed E-state index contributed by atoms with van der Waals surface area (Å²) in [5, 5.41) is 20.3. The van der Waals surface area contributed by atoms with E-state index in [1.54, 1.807) is 6.92 Å². The van der Waals surface area contributed by atoms with Crippen LogP contribution in [0.15, 0.2) is 10.9 Å². The zero-order chi connectivity index (χ0) is 11.6. The smallest absolute Gasteiger partial charge is 0.382 e. The summed E-state index contributed by atoms with van der Waals surface area (Å²) < 4.78 is 1.87. The van der Waals surface area contributed by atoms with E-state index in [0.29, 0.717) is 11.2 Å². The highest BCUT2D eigenvalue weighted by molar-refractivity contribution is 9.10. The van der Waals surface area contributed by atoms with E-state index in [9.17, 15) is 15.2 Å². The molecule has 0 saturated heterocycles. The van der Waals surface area contributed by atoms with Crippen LogP contribution in [-0.2, 0) is 6.54 Å². The van der Waals surface area contributed by atoms with E-state index in [4.69, 9.17) is 0 Å². The lowest BCUT2D eigenvalue weighted by Gasteiger charge is -2.21. The maximum absolute atomic E-state index is 10.4. The Morgan fingerprint density at radius 2 is 2.40 bits per heavy atom. The third-order valence-electron chi connectivity index (χ3n) is 2.17. The summed E-state index contributed by atoms with van der Waals surface area (Å²) in [5.74, 6) is -0.228. The van der Waals surface area contributed by atoms with Gasteiger partial charge in [0.2, 0.25) is 0 Å². The van der Waals surface area contributed by atoms with Gasteiger partial charge in [0, 0.05) is 15.9 Å². The van der Waals surface area contributed by atoms with Crippen molar-refractivity contribution in [3.8, 4) is 0 Å². The van der Waals surface area contributed by atoms with Crippen LogP contribution in [0.2, 0.25) is 0 Å². The van der Waals surface area contributed by atoms with Crippen molar-refractivity contribution >= 4 is 21.7 Å². The lowest BCUT2D eigenvalue weighted by Crippen LogP contribution is -2.29. The van der Waals surface area contributed by atoms with E-state index in [1.165, 1.54) is 10.8 Å². The van der Waals surface area contributed by atoms with Crippen molar-refractivity contribution in [2.45, 2.75) is 32.4 Å². The van der Waals surface area contributed by atoms with Crippen LogP contribution in [0.25, 0.3) is 0 Å². The first-order valence-electron chi connectivity index (χ1n) is 4.45. The number of nitrogens with zero attached hydrogens (tertiary/aromatic N) is 3. The Morgan fingerprint density at radius 3 is 2.80 bits per heavy atom. The first kappa shape index (κ1) is 12.1. The fraction of sp³-hybridized carbons (Fsp3) is 0.625. The molecular formula is C8H12BrN3O3. The maximum Gasteiger partial charge on any atom is 0.382 e. The van der Waals surface area contributed by atoms with Crippen LogP contribution >= 0.6 is 15.9 Å². The molecule has 7 heteroatoms. The summed E-state index contributed by atoms with van der Waals surface area (Å²) >= 11 is 3.10. The summed E-state index contributed by atoms with van der Waals surface area (Å²) in [7, 11) is 0. The third-order valence-corrected chi connectivity index (χ3v) is 2.81. The Kier molecular flexibility index (Phi) is 3.46. The molecule has 0 bridgehead atoms. The Balaban J connectivity index is 2.91. The van der Waals surface area contributed by atoms with Crippen molar-refractivity contribution in [3.63, 3.8) is 0 Å². The maximum atomic E-state index is 10.4. The molecule has 1 aromatic heterocycles. The van der Waals surface area contributed by atoms with Gasteiger partial charge in [0.15, 0.2) is 0 Å². The van der Waals surface area contributed by atoms with E-state index in [2.05, 4.69) is 20.9 Å². The number of aromatic nitrogens is 2. The van der Waals surface area contributed by atoms with Crippen LogP contribution in [0.4, 0.5) is 5.82 Å². The molecule has 1 aromatic rings. The Hall–Kier alpha value is -0.950. The predicted octanol–water partition coefficient (Wildman–Crippen LogP) is 1.71. The molecule has 6 nitrogen and oxygen atoms in total. The zero-order valence-electron chi connectivity index (χ0n) is 8.47. The van der Waals surface area contributed by atoms with Gasteiger partial charge in [-0.05, 0) is 23.3 Å². The highest BCUT2D eigenvalue weighted by Crippen LogP contribution is 2.20. The quantitative estimate of drug-likeness (QED) is 0.671. The van der Waals surface area contributed by atoms with Gasteiger partial charge in [0.05, 0.1) is 12.1 Å². The van der Waals surface area contributed by atoms with E-state index in [-0.39, 0.29) is 12.4 Å². The van der Waals surface area contributed by atoms with E-state index < -0.39 is 10.5 Å². The number of halogens is 1. The van der Waals surface area contributed by atoms with Crippen LogP contribution in [0.3, 0.4) is 0 Å². The highest BCUT2D eigenvalue weighted by Gasteiger charge is 2.23. The van der Waals surface area contributed by atoms with Crippen molar-refractivity contribution in [3.05, 3.63) is 21.0 Å². The van der Waals surface area contributed by atoms with E-state index in [1.807, 2.05) is 6.92 Å². The molecule has 84 valence electrons. The third kappa shape index (κ3) is 3.00. The van der Waals surface area contributed by atoms with Crippen LogP contribution in [-0.4, -0.2) is 25.2 Å². The lowest BCUT2D eigenvalue weighted by atomic mass is 10.0. The van der Waals surface area contributed by atoms with Gasteiger partial charge in [0.1, 0.15) is 6.20 Å². The van der Waals surface area contributed by atoms with Crippen LogP contribution in [0, 0.1) is 10.1 Å². The number of aliphatic hydroxyl groups is 1. The van der Waals surface area contributed by atoms with Gasteiger partial charge in [-0.3, -0.25) is 4.57 Å². The zero-order valence-corrected chi connectivity index (χ0v) is 10.1. The van der Waals surface area contributed by atoms with Gasteiger partial charge in [-0.2, -0.15) is 0 Å². The molecule has 1 rings (SSSR count). The molecule has 1 heterocycles. The van der Waals surface area contributed by atoms with Gasteiger partial charge >= 0.3 is 5.82 Å². The lowest BCUT2D eigenvalue weighted by molar-refractivity contribution is -0.389. The summed E-state index contributed by atoms with van der Waals surface area (Å²) in [6, 6.07) is 0. The van der Waals surface area contributed by atoms with Crippen molar-refractivity contribution in [1.82, 2.24) is 9.55 Å². The summed E-state index contributed by atoms with van der Waals surface area (Å²) in [4.78, 5) is 13.6. The minimum absolute atomic E-state index is 0.228. The molecular weight excluding hydrogens is 266 g/mol. The first-order valence-corrected chi connectivity index (χ1v) is 5.24. The first-order chi connectivity index (χ1) is 6.85. The monoisotopic (exact) mass is 277 g/mol. The molecule has 0 fully saturated rings. The molecule has 1 unspecified atom stereocenters.